The maximum Gasteiger partial charge on any atom is 0.277 e. The van der Waals surface area contributed by atoms with Crippen LogP contribution in [0, 0.1) is 0 Å². The molecule has 116 valence electrons. The number of thiophene rings is 1. The van der Waals surface area contributed by atoms with E-state index in [1.54, 1.807) is 11.3 Å². The summed E-state index contributed by atoms with van der Waals surface area (Å²) in [6.07, 6.45) is 0. The molecule has 0 unspecified atom stereocenters. The quantitative estimate of drug-likeness (QED) is 0.656. The monoisotopic (exact) mass is 336 g/mol. The summed E-state index contributed by atoms with van der Waals surface area (Å²) in [6, 6.07) is 3.90. The normalized spacial score (nSPS) is 13.5. The molecule has 3 rings (SSSR count). The predicted octanol–water partition coefficient (Wildman–Crippen LogP) is 4.33. The molecule has 0 radical (unpaired) electrons. The second-order valence-electron chi connectivity index (χ2n) is 5.81. The van der Waals surface area contributed by atoms with E-state index in [1.807, 2.05) is 45.2 Å². The summed E-state index contributed by atoms with van der Waals surface area (Å²) in [5, 5.41) is 18.7. The number of nitrogens with zero attached hydrogens (tertiary/aromatic N) is 4. The van der Waals surface area contributed by atoms with Crippen LogP contribution < -0.4 is 0 Å². The van der Waals surface area contributed by atoms with Gasteiger partial charge in [-0.05, 0) is 18.4 Å². The molecular formula is C14H16N4O2S2. The Hall–Kier alpha value is -1.67. The Morgan fingerprint density at radius 1 is 1.14 bits per heavy atom. The smallest absolute Gasteiger partial charge is 0.277 e. The van der Waals surface area contributed by atoms with Crippen LogP contribution >= 0.6 is 23.1 Å². The van der Waals surface area contributed by atoms with Crippen molar-refractivity contribution < 1.29 is 8.83 Å². The summed E-state index contributed by atoms with van der Waals surface area (Å²) in [6.45, 7) is 8.06. The predicted molar refractivity (Wildman–Crippen MR) is 84.9 cm³/mol. The van der Waals surface area contributed by atoms with Gasteiger partial charge in [-0.1, -0.05) is 38.6 Å². The van der Waals surface area contributed by atoms with E-state index < -0.39 is 0 Å². The summed E-state index contributed by atoms with van der Waals surface area (Å²) < 4.78 is 11.4. The van der Waals surface area contributed by atoms with E-state index >= 15 is 0 Å². The van der Waals surface area contributed by atoms with Crippen LogP contribution in [0.5, 0.6) is 0 Å². The lowest BCUT2D eigenvalue weighted by atomic mass is 9.97. The average molecular weight is 336 g/mol. The van der Waals surface area contributed by atoms with Crippen LogP contribution in [-0.2, 0) is 5.41 Å². The van der Waals surface area contributed by atoms with Crippen LogP contribution in [0.1, 0.15) is 44.7 Å². The van der Waals surface area contributed by atoms with E-state index in [1.165, 1.54) is 11.8 Å². The van der Waals surface area contributed by atoms with E-state index in [4.69, 9.17) is 8.83 Å². The fourth-order valence-electron chi connectivity index (χ4n) is 1.66. The molecule has 0 fully saturated rings. The first kappa shape index (κ1) is 15.2. The van der Waals surface area contributed by atoms with Gasteiger partial charge in [-0.15, -0.1) is 31.7 Å². The molecule has 0 aliphatic carbocycles. The molecule has 0 aliphatic rings. The topological polar surface area (TPSA) is 77.8 Å². The summed E-state index contributed by atoms with van der Waals surface area (Å²) in [7, 11) is 0. The molecule has 0 aromatic carbocycles. The zero-order chi connectivity index (χ0) is 15.7. The lowest BCUT2D eigenvalue weighted by Crippen LogP contribution is -2.11. The van der Waals surface area contributed by atoms with Crippen molar-refractivity contribution in [3.63, 3.8) is 0 Å². The minimum atomic E-state index is -0.161. The Morgan fingerprint density at radius 3 is 2.59 bits per heavy atom. The van der Waals surface area contributed by atoms with Crippen molar-refractivity contribution >= 4 is 23.1 Å². The first-order valence-corrected chi connectivity index (χ1v) is 8.57. The van der Waals surface area contributed by atoms with Crippen molar-refractivity contribution in [2.75, 3.05) is 0 Å². The molecule has 6 nitrogen and oxygen atoms in total. The van der Waals surface area contributed by atoms with Crippen molar-refractivity contribution in [2.45, 2.75) is 43.6 Å². The van der Waals surface area contributed by atoms with Crippen molar-refractivity contribution in [1.82, 2.24) is 20.4 Å². The van der Waals surface area contributed by atoms with Crippen LogP contribution in [0.2, 0.25) is 0 Å². The highest BCUT2D eigenvalue weighted by atomic mass is 32.2. The Bertz CT molecular complexity index is 743. The molecule has 22 heavy (non-hydrogen) atoms. The molecule has 1 atom stereocenters. The third-order valence-corrected chi connectivity index (χ3v) is 4.63. The SMILES string of the molecule is C[C@@H](Sc1nnc(C(C)(C)C)o1)c1nnc(-c2cccs2)o1. The number of hydrogen-bond donors (Lipinski definition) is 0. The molecular weight excluding hydrogens is 320 g/mol. The van der Waals surface area contributed by atoms with Crippen LogP contribution in [-0.4, -0.2) is 20.4 Å². The number of thioether (sulfide) groups is 1. The first-order valence-electron chi connectivity index (χ1n) is 6.81. The average Bonchev–Trinajstić information content (AvgIpc) is 3.18. The fraction of sp³-hybridized carbons (Fsp3) is 0.429. The Kier molecular flexibility index (Phi) is 4.05. The molecule has 0 bridgehead atoms. The van der Waals surface area contributed by atoms with Gasteiger partial charge < -0.3 is 8.83 Å². The van der Waals surface area contributed by atoms with Gasteiger partial charge >= 0.3 is 0 Å². The highest BCUT2D eigenvalue weighted by Crippen LogP contribution is 2.36. The Balaban J connectivity index is 1.72. The molecule has 3 heterocycles. The molecule has 8 heteroatoms. The Labute approximate surface area is 136 Å². The third kappa shape index (κ3) is 3.22. The van der Waals surface area contributed by atoms with E-state index in [9.17, 15) is 0 Å². The zero-order valence-corrected chi connectivity index (χ0v) is 14.4. The largest absolute Gasteiger partial charge is 0.419 e. The fourth-order valence-corrected chi connectivity index (χ4v) is 3.02. The van der Waals surface area contributed by atoms with Gasteiger partial charge in [-0.25, -0.2) is 0 Å². The van der Waals surface area contributed by atoms with Crippen molar-refractivity contribution in [2.24, 2.45) is 0 Å². The van der Waals surface area contributed by atoms with Crippen molar-refractivity contribution in [3.05, 3.63) is 29.3 Å². The van der Waals surface area contributed by atoms with E-state index in [0.717, 1.165) is 4.88 Å². The molecule has 0 saturated carbocycles. The molecule has 3 aromatic rings. The van der Waals surface area contributed by atoms with Crippen LogP contribution in [0.25, 0.3) is 10.8 Å². The van der Waals surface area contributed by atoms with Crippen molar-refractivity contribution in [3.8, 4) is 10.8 Å². The van der Waals surface area contributed by atoms with Crippen molar-refractivity contribution in [1.29, 1.82) is 0 Å². The van der Waals surface area contributed by atoms with Gasteiger partial charge in [0.2, 0.25) is 11.8 Å². The van der Waals surface area contributed by atoms with Crippen LogP contribution in [0.15, 0.2) is 31.6 Å². The van der Waals surface area contributed by atoms with E-state index in [0.29, 0.717) is 22.9 Å². The first-order chi connectivity index (χ1) is 10.4. The minimum absolute atomic E-state index is 0.0607. The molecule has 0 amide bonds. The van der Waals surface area contributed by atoms with E-state index in [-0.39, 0.29) is 10.7 Å². The summed E-state index contributed by atoms with van der Waals surface area (Å²) in [4.78, 5) is 0.962. The highest BCUT2D eigenvalue weighted by Gasteiger charge is 2.24. The number of aromatic nitrogens is 4. The summed E-state index contributed by atoms with van der Waals surface area (Å²) in [5.74, 6) is 1.70. The van der Waals surface area contributed by atoms with Gasteiger partial charge in [0.25, 0.3) is 11.1 Å². The molecule has 3 aromatic heterocycles. The second-order valence-corrected chi connectivity index (χ2v) is 8.05. The molecule has 0 aliphatic heterocycles. The van der Waals surface area contributed by atoms with Gasteiger partial charge in [-0.3, -0.25) is 0 Å². The van der Waals surface area contributed by atoms with Gasteiger partial charge in [-0.2, -0.15) is 0 Å². The molecule has 0 spiro atoms. The van der Waals surface area contributed by atoms with Gasteiger partial charge in [0.05, 0.1) is 10.1 Å². The molecule has 0 N–H and O–H groups in total. The summed E-state index contributed by atoms with van der Waals surface area (Å²) in [5.41, 5.74) is -0.161. The van der Waals surface area contributed by atoms with Crippen LogP contribution in [0.4, 0.5) is 0 Å². The summed E-state index contributed by atoms with van der Waals surface area (Å²) >= 11 is 2.98. The second kappa shape index (κ2) is 5.85. The maximum absolute atomic E-state index is 5.71. The third-order valence-electron chi connectivity index (χ3n) is 2.85. The lowest BCUT2D eigenvalue weighted by molar-refractivity contribution is 0.346. The zero-order valence-electron chi connectivity index (χ0n) is 12.7. The van der Waals surface area contributed by atoms with Crippen LogP contribution in [0.3, 0.4) is 0 Å². The number of hydrogen-bond acceptors (Lipinski definition) is 8. The Morgan fingerprint density at radius 2 is 1.95 bits per heavy atom. The number of rotatable bonds is 4. The van der Waals surface area contributed by atoms with Gasteiger partial charge in [0.1, 0.15) is 0 Å². The molecule has 0 saturated heterocycles. The lowest BCUT2D eigenvalue weighted by Gasteiger charge is -2.11. The van der Waals surface area contributed by atoms with Gasteiger partial charge in [0.15, 0.2) is 0 Å². The minimum Gasteiger partial charge on any atom is -0.419 e. The maximum atomic E-state index is 5.71. The highest BCUT2D eigenvalue weighted by molar-refractivity contribution is 7.99. The van der Waals surface area contributed by atoms with Gasteiger partial charge in [0, 0.05) is 5.41 Å². The standard InChI is InChI=1S/C14H16N4O2S2/c1-8(22-13-18-17-12(20-13)14(2,3)4)10-15-16-11(19-10)9-6-5-7-21-9/h5-8H,1-4H3/t8-/m1/s1. The van der Waals surface area contributed by atoms with E-state index in [2.05, 4.69) is 20.4 Å².